The predicted molar refractivity (Wildman–Crippen MR) is 72.7 cm³/mol. The molecular formula is C14H25N3O. The quantitative estimate of drug-likeness (QED) is 0.872. The third-order valence-corrected chi connectivity index (χ3v) is 3.58. The molecular weight excluding hydrogens is 226 g/mol. The summed E-state index contributed by atoms with van der Waals surface area (Å²) in [6, 6.07) is 0.433. The van der Waals surface area contributed by atoms with Crippen LogP contribution in [-0.2, 0) is 11.3 Å². The molecule has 1 saturated heterocycles. The highest BCUT2D eigenvalue weighted by Crippen LogP contribution is 2.23. The summed E-state index contributed by atoms with van der Waals surface area (Å²) >= 11 is 0. The lowest BCUT2D eigenvalue weighted by Crippen LogP contribution is -2.20. The minimum atomic E-state index is 0.433. The molecule has 0 spiro atoms. The van der Waals surface area contributed by atoms with Crippen LogP contribution in [0.25, 0.3) is 0 Å². The maximum atomic E-state index is 5.45. The van der Waals surface area contributed by atoms with E-state index in [2.05, 4.69) is 42.8 Å². The highest BCUT2D eigenvalue weighted by molar-refractivity contribution is 5.25. The van der Waals surface area contributed by atoms with Gasteiger partial charge in [-0.1, -0.05) is 13.8 Å². The Hall–Kier alpha value is -0.870. The molecule has 18 heavy (non-hydrogen) atoms. The SMILES string of the molecule is Cc1nn(C2CCOC2)c(C)c1CNCC(C)C. The van der Waals surface area contributed by atoms with E-state index in [1.165, 1.54) is 11.3 Å². The van der Waals surface area contributed by atoms with Crippen molar-refractivity contribution in [3.63, 3.8) is 0 Å². The van der Waals surface area contributed by atoms with E-state index in [1.54, 1.807) is 0 Å². The molecule has 0 amide bonds. The van der Waals surface area contributed by atoms with Crippen molar-refractivity contribution < 1.29 is 4.74 Å². The Kier molecular flexibility index (Phi) is 4.40. The van der Waals surface area contributed by atoms with Crippen molar-refractivity contribution in [3.8, 4) is 0 Å². The Labute approximate surface area is 110 Å². The zero-order valence-electron chi connectivity index (χ0n) is 12.0. The second-order valence-electron chi connectivity index (χ2n) is 5.64. The third-order valence-electron chi connectivity index (χ3n) is 3.58. The van der Waals surface area contributed by atoms with Crippen molar-refractivity contribution in [2.24, 2.45) is 5.92 Å². The average Bonchev–Trinajstić information content (AvgIpc) is 2.91. The molecule has 2 rings (SSSR count). The van der Waals surface area contributed by atoms with Gasteiger partial charge >= 0.3 is 0 Å². The van der Waals surface area contributed by atoms with E-state index in [0.29, 0.717) is 12.0 Å². The van der Waals surface area contributed by atoms with Gasteiger partial charge in [0.1, 0.15) is 0 Å². The van der Waals surface area contributed by atoms with Crippen molar-refractivity contribution in [1.82, 2.24) is 15.1 Å². The van der Waals surface area contributed by atoms with E-state index < -0.39 is 0 Å². The summed E-state index contributed by atoms with van der Waals surface area (Å²) in [5.41, 5.74) is 3.79. The molecule has 1 fully saturated rings. The standard InChI is InChI=1S/C14H25N3O/c1-10(2)7-15-8-14-11(3)16-17(12(14)4)13-5-6-18-9-13/h10,13,15H,5-9H2,1-4H3. The lowest BCUT2D eigenvalue weighted by atomic mass is 10.1. The van der Waals surface area contributed by atoms with Crippen molar-refractivity contribution in [2.45, 2.75) is 46.7 Å². The van der Waals surface area contributed by atoms with Crippen LogP contribution in [0.4, 0.5) is 0 Å². The van der Waals surface area contributed by atoms with Gasteiger partial charge in [0.05, 0.1) is 18.3 Å². The Morgan fingerprint density at radius 3 is 2.83 bits per heavy atom. The molecule has 1 aromatic heterocycles. The number of aromatic nitrogens is 2. The van der Waals surface area contributed by atoms with E-state index in [1.807, 2.05) is 0 Å². The van der Waals surface area contributed by atoms with E-state index in [0.717, 1.165) is 38.4 Å². The maximum absolute atomic E-state index is 5.45. The minimum absolute atomic E-state index is 0.433. The van der Waals surface area contributed by atoms with Crippen LogP contribution < -0.4 is 5.32 Å². The van der Waals surface area contributed by atoms with Gasteiger partial charge in [-0.25, -0.2) is 0 Å². The number of ether oxygens (including phenoxy) is 1. The first-order chi connectivity index (χ1) is 8.59. The van der Waals surface area contributed by atoms with E-state index in [4.69, 9.17) is 4.74 Å². The second-order valence-corrected chi connectivity index (χ2v) is 5.64. The Morgan fingerprint density at radius 1 is 1.44 bits per heavy atom. The van der Waals surface area contributed by atoms with E-state index in [-0.39, 0.29) is 0 Å². The predicted octanol–water partition coefficient (Wildman–Crippen LogP) is 2.21. The van der Waals surface area contributed by atoms with Crippen LogP contribution in [-0.4, -0.2) is 29.5 Å². The van der Waals surface area contributed by atoms with Crippen molar-refractivity contribution >= 4 is 0 Å². The van der Waals surface area contributed by atoms with Gasteiger partial charge < -0.3 is 10.1 Å². The number of hydrogen-bond acceptors (Lipinski definition) is 3. The number of nitrogens with zero attached hydrogens (tertiary/aromatic N) is 2. The molecule has 1 aliphatic rings. The summed E-state index contributed by atoms with van der Waals surface area (Å²) in [6.45, 7) is 12.4. The van der Waals surface area contributed by atoms with Crippen LogP contribution in [0.15, 0.2) is 0 Å². The van der Waals surface area contributed by atoms with Crippen LogP contribution in [0.1, 0.15) is 43.3 Å². The fourth-order valence-corrected chi connectivity index (χ4v) is 2.51. The molecule has 4 nitrogen and oxygen atoms in total. The van der Waals surface area contributed by atoms with Crippen LogP contribution in [0.2, 0.25) is 0 Å². The van der Waals surface area contributed by atoms with Gasteiger partial charge in [-0.2, -0.15) is 5.10 Å². The fourth-order valence-electron chi connectivity index (χ4n) is 2.51. The summed E-state index contributed by atoms with van der Waals surface area (Å²) in [5, 5.41) is 8.19. The number of hydrogen-bond donors (Lipinski definition) is 1. The molecule has 1 aromatic rings. The largest absolute Gasteiger partial charge is 0.379 e. The topological polar surface area (TPSA) is 39.1 Å². The Morgan fingerprint density at radius 2 is 2.22 bits per heavy atom. The third kappa shape index (κ3) is 2.93. The van der Waals surface area contributed by atoms with Crippen molar-refractivity contribution in [2.75, 3.05) is 19.8 Å². The molecule has 0 aliphatic carbocycles. The normalized spacial score (nSPS) is 19.9. The molecule has 0 radical (unpaired) electrons. The minimum Gasteiger partial charge on any atom is -0.379 e. The summed E-state index contributed by atoms with van der Waals surface area (Å²) in [7, 11) is 0. The van der Waals surface area contributed by atoms with Gasteiger partial charge in [-0.15, -0.1) is 0 Å². The van der Waals surface area contributed by atoms with Crippen molar-refractivity contribution in [3.05, 3.63) is 17.0 Å². The Bertz CT molecular complexity index is 392. The smallest absolute Gasteiger partial charge is 0.0777 e. The zero-order valence-corrected chi connectivity index (χ0v) is 12.0. The summed E-state index contributed by atoms with van der Waals surface area (Å²) < 4.78 is 7.61. The van der Waals surface area contributed by atoms with Gasteiger partial charge in [-0.3, -0.25) is 4.68 Å². The fraction of sp³-hybridized carbons (Fsp3) is 0.786. The maximum Gasteiger partial charge on any atom is 0.0777 e. The molecule has 4 heteroatoms. The van der Waals surface area contributed by atoms with Crippen LogP contribution in [0, 0.1) is 19.8 Å². The van der Waals surface area contributed by atoms with Gasteiger partial charge in [0, 0.05) is 24.4 Å². The highest BCUT2D eigenvalue weighted by atomic mass is 16.5. The summed E-state index contributed by atoms with van der Waals surface area (Å²) in [5.74, 6) is 0.684. The Balaban J connectivity index is 2.06. The molecule has 1 aliphatic heterocycles. The van der Waals surface area contributed by atoms with Crippen LogP contribution in [0.5, 0.6) is 0 Å². The first-order valence-corrected chi connectivity index (χ1v) is 6.92. The number of rotatable bonds is 5. The summed E-state index contributed by atoms with van der Waals surface area (Å²) in [6.07, 6.45) is 1.08. The first-order valence-electron chi connectivity index (χ1n) is 6.92. The molecule has 1 atom stereocenters. The zero-order chi connectivity index (χ0) is 13.1. The van der Waals surface area contributed by atoms with Gasteiger partial charge in [0.15, 0.2) is 0 Å². The first kappa shape index (κ1) is 13.6. The van der Waals surface area contributed by atoms with Crippen LogP contribution in [0.3, 0.4) is 0 Å². The van der Waals surface area contributed by atoms with Gasteiger partial charge in [0.25, 0.3) is 0 Å². The highest BCUT2D eigenvalue weighted by Gasteiger charge is 2.22. The molecule has 0 aromatic carbocycles. The average molecular weight is 251 g/mol. The number of nitrogens with one attached hydrogen (secondary N) is 1. The molecule has 102 valence electrons. The van der Waals surface area contributed by atoms with E-state index >= 15 is 0 Å². The van der Waals surface area contributed by atoms with Crippen LogP contribution >= 0.6 is 0 Å². The molecule has 0 bridgehead atoms. The molecule has 2 heterocycles. The summed E-state index contributed by atoms with van der Waals surface area (Å²) in [4.78, 5) is 0. The monoisotopic (exact) mass is 251 g/mol. The van der Waals surface area contributed by atoms with E-state index in [9.17, 15) is 0 Å². The molecule has 1 N–H and O–H groups in total. The van der Waals surface area contributed by atoms with Crippen molar-refractivity contribution in [1.29, 1.82) is 0 Å². The van der Waals surface area contributed by atoms with Gasteiger partial charge in [-0.05, 0) is 32.7 Å². The molecule has 0 saturated carbocycles. The lowest BCUT2D eigenvalue weighted by molar-refractivity contribution is 0.184. The second kappa shape index (κ2) is 5.85. The molecule has 1 unspecified atom stereocenters. The number of aryl methyl sites for hydroxylation is 1. The lowest BCUT2D eigenvalue weighted by Gasteiger charge is -2.12. The van der Waals surface area contributed by atoms with Gasteiger partial charge in [0.2, 0.25) is 0 Å².